The molecule has 1 amide bonds. The van der Waals surface area contributed by atoms with E-state index in [1.54, 1.807) is 38.3 Å². The smallest absolute Gasteiger partial charge is 0.301 e. The molecule has 1 atom stereocenters. The van der Waals surface area contributed by atoms with Gasteiger partial charge in [0.1, 0.15) is 17.1 Å². The van der Waals surface area contributed by atoms with Crippen LogP contribution in [0.4, 0.5) is 5.13 Å². The van der Waals surface area contributed by atoms with Crippen molar-refractivity contribution in [1.29, 1.82) is 0 Å². The number of anilines is 1. The number of aliphatic hydroxyl groups is 1. The Morgan fingerprint density at radius 1 is 0.930 bits per heavy atom. The van der Waals surface area contributed by atoms with Gasteiger partial charge < -0.3 is 28.5 Å². The standard InChI is InChI=1S/C31H28N4O7S/c1-15-8-7-11-34-16(2)24(33-29(15)34)26(36)23-25(17-12-20(40-4)28(42-6)21(13-17)41-5)35(30(38)27(23)37)31-32-19-10-9-18(39-3)14-22(19)43-31/h7-14,25,36H,1-6H3. The number of thiazole rings is 1. The fraction of sp³-hybridized carbons (Fsp3) is 0.226. The lowest BCUT2D eigenvalue weighted by Gasteiger charge is -2.24. The van der Waals surface area contributed by atoms with Crippen molar-refractivity contribution < 1.29 is 33.6 Å². The molecule has 43 heavy (non-hydrogen) atoms. The third kappa shape index (κ3) is 4.33. The van der Waals surface area contributed by atoms with Crippen LogP contribution in [0.5, 0.6) is 23.0 Å². The summed E-state index contributed by atoms with van der Waals surface area (Å²) in [6.45, 7) is 3.70. The number of rotatable bonds is 7. The number of amides is 1. The lowest BCUT2D eigenvalue weighted by Crippen LogP contribution is -2.29. The first-order valence-corrected chi connectivity index (χ1v) is 14.0. The van der Waals surface area contributed by atoms with Gasteiger partial charge in [-0.05, 0) is 61.4 Å². The Hall–Kier alpha value is -5.10. The zero-order valence-corrected chi connectivity index (χ0v) is 25.1. The molecule has 0 radical (unpaired) electrons. The molecule has 1 N–H and O–H groups in total. The molecular weight excluding hydrogens is 572 g/mol. The van der Waals surface area contributed by atoms with Gasteiger partial charge in [0, 0.05) is 6.20 Å². The summed E-state index contributed by atoms with van der Waals surface area (Å²) < 4.78 is 24.6. The monoisotopic (exact) mass is 600 g/mol. The van der Waals surface area contributed by atoms with Crippen LogP contribution in [-0.2, 0) is 9.59 Å². The first-order chi connectivity index (χ1) is 20.7. The number of ketones is 1. The first kappa shape index (κ1) is 28.0. The Bertz CT molecular complexity index is 1950. The Morgan fingerprint density at radius 2 is 1.65 bits per heavy atom. The van der Waals surface area contributed by atoms with Crippen molar-refractivity contribution >= 4 is 49.8 Å². The van der Waals surface area contributed by atoms with E-state index in [0.717, 1.165) is 10.3 Å². The number of ether oxygens (including phenoxy) is 4. The number of imidazole rings is 1. The van der Waals surface area contributed by atoms with Crippen LogP contribution < -0.4 is 23.8 Å². The summed E-state index contributed by atoms with van der Waals surface area (Å²) in [7, 11) is 5.99. The molecule has 4 heterocycles. The minimum Gasteiger partial charge on any atom is -0.505 e. The van der Waals surface area contributed by atoms with Gasteiger partial charge in [-0.15, -0.1) is 0 Å². The first-order valence-electron chi connectivity index (χ1n) is 13.2. The summed E-state index contributed by atoms with van der Waals surface area (Å²) in [4.78, 5) is 38.3. The molecule has 12 heteroatoms. The Labute approximate surface area is 250 Å². The van der Waals surface area contributed by atoms with Gasteiger partial charge >= 0.3 is 5.91 Å². The Balaban J connectivity index is 1.63. The SMILES string of the molecule is COc1ccc2nc(N3C(=O)C(=O)C(=C(O)c4nc5c(C)cccn5c4C)C3c3cc(OC)c(OC)c(OC)c3)sc2c1. The topological polar surface area (TPSA) is 125 Å². The minimum absolute atomic E-state index is 0.139. The van der Waals surface area contributed by atoms with Crippen molar-refractivity contribution in [2.75, 3.05) is 33.3 Å². The highest BCUT2D eigenvalue weighted by Crippen LogP contribution is 2.48. The second-order valence-corrected chi connectivity index (χ2v) is 10.9. The molecule has 6 rings (SSSR count). The maximum atomic E-state index is 13.9. The van der Waals surface area contributed by atoms with E-state index in [1.165, 1.54) is 37.6 Å². The van der Waals surface area contributed by atoms with E-state index >= 15 is 0 Å². The van der Waals surface area contributed by atoms with Crippen LogP contribution in [0.15, 0.2) is 54.2 Å². The molecule has 11 nitrogen and oxygen atoms in total. The second kappa shape index (κ2) is 10.6. The van der Waals surface area contributed by atoms with Crippen LogP contribution in [-0.4, -0.2) is 59.6 Å². The molecule has 5 aromatic rings. The zero-order chi connectivity index (χ0) is 30.6. The summed E-state index contributed by atoms with van der Waals surface area (Å²) in [6, 6.07) is 11.3. The molecule has 220 valence electrons. The van der Waals surface area contributed by atoms with Crippen LogP contribution in [0.2, 0.25) is 0 Å². The molecule has 0 aliphatic carbocycles. The van der Waals surface area contributed by atoms with E-state index in [0.29, 0.717) is 45.4 Å². The molecule has 3 aromatic heterocycles. The van der Waals surface area contributed by atoms with Gasteiger partial charge in [-0.3, -0.25) is 14.5 Å². The van der Waals surface area contributed by atoms with Crippen molar-refractivity contribution in [3.8, 4) is 23.0 Å². The number of carbonyl (C=O) groups is 2. The Morgan fingerprint density at radius 3 is 2.28 bits per heavy atom. The van der Waals surface area contributed by atoms with Crippen molar-refractivity contribution in [2.45, 2.75) is 19.9 Å². The van der Waals surface area contributed by atoms with Crippen molar-refractivity contribution in [3.63, 3.8) is 0 Å². The molecule has 0 saturated carbocycles. The fourth-order valence-corrected chi connectivity index (χ4v) is 6.42. The predicted octanol–water partition coefficient (Wildman–Crippen LogP) is 5.22. The summed E-state index contributed by atoms with van der Waals surface area (Å²) in [5.41, 5.74) is 3.23. The summed E-state index contributed by atoms with van der Waals surface area (Å²) in [5, 5.41) is 12.1. The average molecular weight is 601 g/mol. The lowest BCUT2D eigenvalue weighted by atomic mass is 9.95. The molecule has 1 unspecified atom stereocenters. The van der Waals surface area contributed by atoms with Crippen LogP contribution in [0, 0.1) is 13.8 Å². The average Bonchev–Trinajstić information content (AvgIpc) is 3.67. The number of pyridine rings is 1. The fourth-order valence-electron chi connectivity index (χ4n) is 5.40. The quantitative estimate of drug-likeness (QED) is 0.152. The van der Waals surface area contributed by atoms with Crippen LogP contribution in [0.1, 0.15) is 28.6 Å². The van der Waals surface area contributed by atoms with Crippen molar-refractivity contribution in [3.05, 3.63) is 76.7 Å². The molecule has 0 spiro atoms. The number of aromatic nitrogens is 3. The molecule has 0 bridgehead atoms. The van der Waals surface area contributed by atoms with E-state index in [9.17, 15) is 14.7 Å². The van der Waals surface area contributed by atoms with Gasteiger partial charge in [0.25, 0.3) is 5.78 Å². The van der Waals surface area contributed by atoms with Crippen molar-refractivity contribution in [1.82, 2.24) is 14.4 Å². The van der Waals surface area contributed by atoms with Gasteiger partial charge in [-0.1, -0.05) is 17.4 Å². The van der Waals surface area contributed by atoms with E-state index in [-0.39, 0.29) is 16.4 Å². The van der Waals surface area contributed by atoms with Crippen LogP contribution in [0.3, 0.4) is 0 Å². The third-order valence-electron chi connectivity index (χ3n) is 7.55. The largest absolute Gasteiger partial charge is 0.505 e. The number of hydrogen-bond donors (Lipinski definition) is 1. The minimum atomic E-state index is -1.10. The summed E-state index contributed by atoms with van der Waals surface area (Å²) >= 11 is 1.22. The third-order valence-corrected chi connectivity index (χ3v) is 8.56. The molecule has 1 fully saturated rings. The number of Topliss-reactive ketones (excluding diaryl/α,β-unsaturated/α-hetero) is 1. The van der Waals surface area contributed by atoms with Gasteiger partial charge in [-0.25, -0.2) is 9.97 Å². The van der Waals surface area contributed by atoms with E-state index < -0.39 is 23.5 Å². The van der Waals surface area contributed by atoms with Gasteiger partial charge in [-0.2, -0.15) is 0 Å². The maximum absolute atomic E-state index is 13.9. The number of nitrogens with zero attached hydrogens (tertiary/aromatic N) is 4. The Kier molecular flexibility index (Phi) is 6.93. The lowest BCUT2D eigenvalue weighted by molar-refractivity contribution is -0.132. The van der Waals surface area contributed by atoms with E-state index in [1.807, 2.05) is 35.7 Å². The van der Waals surface area contributed by atoms with Crippen molar-refractivity contribution in [2.24, 2.45) is 0 Å². The highest BCUT2D eigenvalue weighted by Gasteiger charge is 2.49. The number of benzene rings is 2. The summed E-state index contributed by atoms with van der Waals surface area (Å²) in [6.07, 6.45) is 1.83. The number of hydrogen-bond acceptors (Lipinski definition) is 10. The summed E-state index contributed by atoms with van der Waals surface area (Å²) in [5.74, 6) is -0.520. The molecule has 1 aliphatic rings. The van der Waals surface area contributed by atoms with Crippen LogP contribution in [0.25, 0.3) is 21.6 Å². The highest BCUT2D eigenvalue weighted by molar-refractivity contribution is 7.22. The maximum Gasteiger partial charge on any atom is 0.301 e. The molecule has 2 aromatic carbocycles. The number of aryl methyl sites for hydroxylation is 2. The number of methoxy groups -OCH3 is 4. The van der Waals surface area contributed by atoms with Crippen LogP contribution >= 0.6 is 11.3 Å². The van der Waals surface area contributed by atoms with E-state index in [2.05, 4.69) is 9.97 Å². The van der Waals surface area contributed by atoms with Gasteiger partial charge in [0.2, 0.25) is 5.75 Å². The zero-order valence-electron chi connectivity index (χ0n) is 24.3. The molecule has 1 aliphatic heterocycles. The number of fused-ring (bicyclic) bond motifs is 2. The van der Waals surface area contributed by atoms with E-state index in [4.69, 9.17) is 18.9 Å². The molecular formula is C31H28N4O7S. The second-order valence-electron chi connectivity index (χ2n) is 9.89. The predicted molar refractivity (Wildman–Crippen MR) is 162 cm³/mol. The molecule has 1 saturated heterocycles. The number of aliphatic hydroxyl groups excluding tert-OH is 1. The van der Waals surface area contributed by atoms with Gasteiger partial charge in [0.05, 0.1) is 56.0 Å². The normalized spacial score (nSPS) is 16.3. The highest BCUT2D eigenvalue weighted by atomic mass is 32.1. The number of carbonyl (C=O) groups excluding carboxylic acids is 2. The van der Waals surface area contributed by atoms with Gasteiger partial charge in [0.15, 0.2) is 22.4 Å².